The lowest BCUT2D eigenvalue weighted by Gasteiger charge is -2.19. The molecular formula is C20H19ClN2O4. The first-order chi connectivity index (χ1) is 13.0. The number of hydrogen-bond donors (Lipinski definition) is 1. The van der Waals surface area contributed by atoms with E-state index in [0.717, 1.165) is 0 Å². The molecule has 1 atom stereocenters. The predicted molar refractivity (Wildman–Crippen MR) is 102 cm³/mol. The third-order valence-corrected chi connectivity index (χ3v) is 4.37. The Labute approximate surface area is 161 Å². The molecule has 1 N–H and O–H groups in total. The van der Waals surface area contributed by atoms with E-state index in [0.29, 0.717) is 33.1 Å². The summed E-state index contributed by atoms with van der Waals surface area (Å²) in [6, 6.07) is 11.6. The van der Waals surface area contributed by atoms with Crippen LogP contribution in [0.3, 0.4) is 0 Å². The summed E-state index contributed by atoms with van der Waals surface area (Å²) in [7, 11) is 0. The molecule has 3 rings (SSSR count). The van der Waals surface area contributed by atoms with E-state index in [2.05, 4.69) is 10.3 Å². The predicted octanol–water partition coefficient (Wildman–Crippen LogP) is 4.21. The van der Waals surface area contributed by atoms with Crippen molar-refractivity contribution in [1.29, 1.82) is 0 Å². The van der Waals surface area contributed by atoms with E-state index in [9.17, 15) is 9.59 Å². The highest BCUT2D eigenvalue weighted by Gasteiger charge is 2.23. The lowest BCUT2D eigenvalue weighted by atomic mass is 10.0. The fourth-order valence-electron chi connectivity index (χ4n) is 2.86. The number of nitrogens with one attached hydrogen (secondary N) is 1. The molecule has 0 radical (unpaired) electrons. The molecule has 0 aliphatic rings. The van der Waals surface area contributed by atoms with E-state index in [-0.39, 0.29) is 18.9 Å². The standard InChI is InChI=1S/C20H19ClN2O4/c1-3-26-18(24)11-17(13-7-4-5-9-15(13)21)23-20(25)14-8-6-10-16-19(14)27-12(2)22-16/h4-10,17H,3,11H2,1-2H3,(H,23,25)/t17-/m1/s1. The fraction of sp³-hybridized carbons (Fsp3) is 0.250. The molecular weight excluding hydrogens is 368 g/mol. The van der Waals surface area contributed by atoms with Crippen LogP contribution >= 0.6 is 11.6 Å². The van der Waals surface area contributed by atoms with Gasteiger partial charge in [0.15, 0.2) is 11.5 Å². The van der Waals surface area contributed by atoms with E-state index in [4.69, 9.17) is 20.8 Å². The van der Waals surface area contributed by atoms with Crippen LogP contribution in [0.1, 0.15) is 41.2 Å². The molecule has 6 nitrogen and oxygen atoms in total. The molecule has 0 saturated heterocycles. The number of carbonyl (C=O) groups is 2. The van der Waals surface area contributed by atoms with Gasteiger partial charge in [0.1, 0.15) is 5.52 Å². The SMILES string of the molecule is CCOC(=O)C[C@@H](NC(=O)c1cccc2nc(C)oc12)c1ccccc1Cl. The highest BCUT2D eigenvalue weighted by atomic mass is 35.5. The van der Waals surface area contributed by atoms with Gasteiger partial charge in [-0.25, -0.2) is 4.98 Å². The number of hydrogen-bond acceptors (Lipinski definition) is 5. The summed E-state index contributed by atoms with van der Waals surface area (Å²) < 4.78 is 10.6. The van der Waals surface area contributed by atoms with Gasteiger partial charge < -0.3 is 14.5 Å². The summed E-state index contributed by atoms with van der Waals surface area (Å²) in [5.74, 6) is -0.332. The molecule has 2 aromatic carbocycles. The second-order valence-electron chi connectivity index (χ2n) is 5.94. The molecule has 7 heteroatoms. The van der Waals surface area contributed by atoms with Crippen LogP contribution in [0.4, 0.5) is 0 Å². The number of esters is 1. The van der Waals surface area contributed by atoms with Crippen LogP contribution in [0.5, 0.6) is 0 Å². The second-order valence-corrected chi connectivity index (χ2v) is 6.35. The van der Waals surface area contributed by atoms with Gasteiger partial charge in [-0.15, -0.1) is 0 Å². The minimum absolute atomic E-state index is 0.0330. The summed E-state index contributed by atoms with van der Waals surface area (Å²) in [6.45, 7) is 3.71. The zero-order valence-electron chi connectivity index (χ0n) is 15.0. The first kappa shape index (κ1) is 18.9. The van der Waals surface area contributed by atoms with E-state index < -0.39 is 12.0 Å². The van der Waals surface area contributed by atoms with Gasteiger partial charge in [0.05, 0.1) is 24.6 Å². The van der Waals surface area contributed by atoms with Gasteiger partial charge in [-0.1, -0.05) is 35.9 Å². The second kappa shape index (κ2) is 8.22. The number of rotatable bonds is 6. The van der Waals surface area contributed by atoms with Gasteiger partial charge >= 0.3 is 5.97 Å². The monoisotopic (exact) mass is 386 g/mol. The number of nitrogens with zero attached hydrogens (tertiary/aromatic N) is 1. The third-order valence-electron chi connectivity index (χ3n) is 4.03. The summed E-state index contributed by atoms with van der Waals surface area (Å²) in [4.78, 5) is 29.2. The normalized spacial score (nSPS) is 12.0. The third kappa shape index (κ3) is 4.28. The Kier molecular flexibility index (Phi) is 5.76. The van der Waals surface area contributed by atoms with E-state index in [1.165, 1.54) is 0 Å². The first-order valence-corrected chi connectivity index (χ1v) is 8.94. The number of aryl methyl sites for hydroxylation is 1. The van der Waals surface area contributed by atoms with Gasteiger partial charge in [-0.3, -0.25) is 9.59 Å². The quantitative estimate of drug-likeness (QED) is 0.641. The molecule has 0 bridgehead atoms. The molecule has 0 saturated carbocycles. The molecule has 0 aliphatic carbocycles. The molecule has 0 fully saturated rings. The van der Waals surface area contributed by atoms with Crippen molar-refractivity contribution in [1.82, 2.24) is 10.3 Å². The van der Waals surface area contributed by atoms with E-state index >= 15 is 0 Å². The Morgan fingerprint density at radius 3 is 2.74 bits per heavy atom. The van der Waals surface area contributed by atoms with Crippen LogP contribution in [0, 0.1) is 6.92 Å². The molecule has 1 heterocycles. The number of oxazole rings is 1. The Hall–Kier alpha value is -2.86. The maximum atomic E-state index is 12.9. The van der Waals surface area contributed by atoms with Gasteiger partial charge in [-0.05, 0) is 30.7 Å². The largest absolute Gasteiger partial charge is 0.466 e. The van der Waals surface area contributed by atoms with Crippen molar-refractivity contribution in [3.8, 4) is 0 Å². The van der Waals surface area contributed by atoms with Crippen molar-refractivity contribution >= 4 is 34.6 Å². The number of benzene rings is 2. The molecule has 0 unspecified atom stereocenters. The maximum Gasteiger partial charge on any atom is 0.308 e. The van der Waals surface area contributed by atoms with Crippen molar-refractivity contribution in [3.63, 3.8) is 0 Å². The first-order valence-electron chi connectivity index (χ1n) is 8.56. The molecule has 27 heavy (non-hydrogen) atoms. The Morgan fingerprint density at radius 1 is 1.22 bits per heavy atom. The number of carbonyl (C=O) groups excluding carboxylic acids is 2. The Morgan fingerprint density at radius 2 is 2.00 bits per heavy atom. The lowest BCUT2D eigenvalue weighted by Crippen LogP contribution is -2.31. The van der Waals surface area contributed by atoms with Crippen LogP contribution in [0.15, 0.2) is 46.9 Å². The van der Waals surface area contributed by atoms with E-state index in [1.807, 2.05) is 0 Å². The van der Waals surface area contributed by atoms with Crippen LogP contribution in [-0.4, -0.2) is 23.5 Å². The van der Waals surface area contributed by atoms with Crippen LogP contribution < -0.4 is 5.32 Å². The van der Waals surface area contributed by atoms with Gasteiger partial charge in [0, 0.05) is 11.9 Å². The molecule has 0 aliphatic heterocycles. The van der Waals surface area contributed by atoms with Crippen LogP contribution in [-0.2, 0) is 9.53 Å². The van der Waals surface area contributed by atoms with Gasteiger partial charge in [0.2, 0.25) is 0 Å². The molecule has 140 valence electrons. The number of fused-ring (bicyclic) bond motifs is 1. The summed E-state index contributed by atoms with van der Waals surface area (Å²) in [5, 5.41) is 3.33. The Balaban J connectivity index is 1.92. The summed E-state index contributed by atoms with van der Waals surface area (Å²) in [6.07, 6.45) is -0.0330. The van der Waals surface area contributed by atoms with Crippen molar-refractivity contribution in [2.24, 2.45) is 0 Å². The number of ether oxygens (including phenoxy) is 1. The average Bonchev–Trinajstić information content (AvgIpc) is 3.01. The van der Waals surface area contributed by atoms with Crippen molar-refractivity contribution in [3.05, 3.63) is 64.5 Å². The molecule has 3 aromatic rings. The van der Waals surface area contributed by atoms with Crippen molar-refractivity contribution in [2.75, 3.05) is 6.61 Å². The lowest BCUT2D eigenvalue weighted by molar-refractivity contribution is -0.143. The highest BCUT2D eigenvalue weighted by Crippen LogP contribution is 2.27. The molecule has 1 amide bonds. The van der Waals surface area contributed by atoms with Crippen LogP contribution in [0.25, 0.3) is 11.1 Å². The number of amides is 1. The Bertz CT molecular complexity index is 983. The van der Waals surface area contributed by atoms with Gasteiger partial charge in [-0.2, -0.15) is 0 Å². The zero-order valence-corrected chi connectivity index (χ0v) is 15.7. The minimum Gasteiger partial charge on any atom is -0.466 e. The number of para-hydroxylation sites is 1. The number of aromatic nitrogens is 1. The summed E-state index contributed by atoms with van der Waals surface area (Å²) >= 11 is 6.28. The smallest absolute Gasteiger partial charge is 0.308 e. The fourth-order valence-corrected chi connectivity index (χ4v) is 3.13. The molecule has 0 spiro atoms. The zero-order chi connectivity index (χ0) is 19.4. The minimum atomic E-state index is -0.635. The maximum absolute atomic E-state index is 12.9. The molecule has 1 aromatic heterocycles. The average molecular weight is 387 g/mol. The highest BCUT2D eigenvalue weighted by molar-refractivity contribution is 6.31. The topological polar surface area (TPSA) is 81.4 Å². The number of halogens is 1. The van der Waals surface area contributed by atoms with Crippen molar-refractivity contribution in [2.45, 2.75) is 26.3 Å². The van der Waals surface area contributed by atoms with Crippen molar-refractivity contribution < 1.29 is 18.7 Å². The van der Waals surface area contributed by atoms with Gasteiger partial charge in [0.25, 0.3) is 5.91 Å². The van der Waals surface area contributed by atoms with E-state index in [1.54, 1.807) is 56.3 Å². The van der Waals surface area contributed by atoms with Crippen LogP contribution in [0.2, 0.25) is 5.02 Å². The summed E-state index contributed by atoms with van der Waals surface area (Å²) in [5.41, 5.74) is 1.98.